The number of thioether (sulfide) groups is 1. The molecule has 1 fully saturated rings. The van der Waals surface area contributed by atoms with Crippen molar-refractivity contribution < 1.29 is 0 Å². The van der Waals surface area contributed by atoms with Gasteiger partial charge in [0, 0.05) is 30.4 Å². The van der Waals surface area contributed by atoms with E-state index in [0.717, 1.165) is 24.3 Å². The normalized spacial score (nSPS) is 14.2. The Labute approximate surface area is 161 Å². The molecular formula is C18H21N7OS. The Kier molecular flexibility index (Phi) is 6.01. The number of pyridine rings is 1. The smallest absolute Gasteiger partial charge is 0.249 e. The highest BCUT2D eigenvalue weighted by Gasteiger charge is 2.16. The van der Waals surface area contributed by atoms with Crippen molar-refractivity contribution in [3.63, 3.8) is 0 Å². The summed E-state index contributed by atoms with van der Waals surface area (Å²) in [6, 6.07) is 11.6. The van der Waals surface area contributed by atoms with E-state index in [-0.39, 0.29) is 5.56 Å². The maximum absolute atomic E-state index is 12.2. The number of benzene rings is 1. The van der Waals surface area contributed by atoms with Crippen LogP contribution in [-0.4, -0.2) is 29.7 Å². The molecule has 1 saturated heterocycles. The third-order valence-corrected chi connectivity index (χ3v) is 5.44. The van der Waals surface area contributed by atoms with E-state index in [0.29, 0.717) is 27.7 Å². The quantitative estimate of drug-likeness (QED) is 0.201. The lowest BCUT2D eigenvalue weighted by atomic mass is 10.0. The van der Waals surface area contributed by atoms with Crippen LogP contribution in [0.2, 0.25) is 0 Å². The second kappa shape index (κ2) is 8.62. The van der Waals surface area contributed by atoms with Gasteiger partial charge >= 0.3 is 0 Å². The van der Waals surface area contributed by atoms with Crippen molar-refractivity contribution in [2.75, 3.05) is 23.7 Å². The second-order valence-electron chi connectivity index (χ2n) is 6.12. The van der Waals surface area contributed by atoms with Gasteiger partial charge in [0.2, 0.25) is 5.56 Å². The van der Waals surface area contributed by atoms with E-state index in [1.165, 1.54) is 30.7 Å². The lowest BCUT2D eigenvalue weighted by Gasteiger charge is -2.18. The number of hydrazone groups is 1. The summed E-state index contributed by atoms with van der Waals surface area (Å²) in [5.74, 6) is 11.2. The molecular weight excluding hydrogens is 362 g/mol. The van der Waals surface area contributed by atoms with Crippen molar-refractivity contribution in [3.05, 3.63) is 46.2 Å². The Morgan fingerprint density at radius 2 is 2.15 bits per heavy atom. The minimum atomic E-state index is -0.273. The molecule has 2 heterocycles. The molecule has 0 spiro atoms. The molecule has 9 heteroatoms. The van der Waals surface area contributed by atoms with E-state index in [4.69, 9.17) is 11.7 Å². The number of aromatic amines is 1. The number of H-pyrrole nitrogens is 1. The standard InChI is InChI=1S/C18H21N7OS/c19-10-15-14(9-17(26)22-18(15)27-11-16(23-20)24-21)12-4-3-5-13(8-12)25-6-1-2-7-25/h3-5,8-9H,1-2,6-7,11,20-21H2,(H,22,26)(H,23,24). The SMILES string of the molecule is N#Cc1c(-c2cccc(N3CCCC3)c2)cc(=O)[nH]c1SC/C(=N/N)NN. The van der Waals surface area contributed by atoms with Crippen molar-refractivity contribution in [1.82, 2.24) is 10.4 Å². The van der Waals surface area contributed by atoms with Crippen LogP contribution in [0.5, 0.6) is 0 Å². The molecule has 0 atom stereocenters. The fraction of sp³-hybridized carbons (Fsp3) is 0.278. The van der Waals surface area contributed by atoms with E-state index < -0.39 is 0 Å². The zero-order chi connectivity index (χ0) is 19.2. The molecule has 0 radical (unpaired) electrons. The molecule has 8 nitrogen and oxygen atoms in total. The van der Waals surface area contributed by atoms with Crippen molar-refractivity contribution in [1.29, 1.82) is 5.26 Å². The van der Waals surface area contributed by atoms with Crippen LogP contribution in [-0.2, 0) is 0 Å². The highest BCUT2D eigenvalue weighted by Crippen LogP contribution is 2.31. The maximum Gasteiger partial charge on any atom is 0.249 e. The van der Waals surface area contributed by atoms with Gasteiger partial charge in [0.05, 0.1) is 16.3 Å². The van der Waals surface area contributed by atoms with Crippen LogP contribution >= 0.6 is 11.8 Å². The zero-order valence-corrected chi connectivity index (χ0v) is 15.6. The first-order valence-corrected chi connectivity index (χ1v) is 9.53. The van der Waals surface area contributed by atoms with Gasteiger partial charge in [0.1, 0.15) is 11.9 Å². The molecule has 1 aromatic carbocycles. The summed E-state index contributed by atoms with van der Waals surface area (Å²) in [4.78, 5) is 17.2. The Morgan fingerprint density at radius 1 is 1.37 bits per heavy atom. The number of nitrogens with one attached hydrogen (secondary N) is 2. The fourth-order valence-corrected chi connectivity index (χ4v) is 4.00. The number of hydrogen-bond donors (Lipinski definition) is 4. The average Bonchev–Trinajstić information content (AvgIpc) is 3.23. The summed E-state index contributed by atoms with van der Waals surface area (Å²) in [6.07, 6.45) is 2.36. The number of hydrazine groups is 1. The predicted octanol–water partition coefficient (Wildman–Crippen LogP) is 1.34. The monoisotopic (exact) mass is 383 g/mol. The van der Waals surface area contributed by atoms with Gasteiger partial charge in [0.15, 0.2) is 0 Å². The first kappa shape index (κ1) is 18.8. The molecule has 1 aliphatic rings. The zero-order valence-electron chi connectivity index (χ0n) is 14.7. The summed E-state index contributed by atoms with van der Waals surface area (Å²) in [5.41, 5.74) is 5.07. The summed E-state index contributed by atoms with van der Waals surface area (Å²) in [5, 5.41) is 13.7. The molecule has 1 aliphatic heterocycles. The van der Waals surface area contributed by atoms with Gasteiger partial charge in [0.25, 0.3) is 0 Å². The Hall–Kier alpha value is -2.96. The third-order valence-electron chi connectivity index (χ3n) is 4.42. The number of hydrogen-bond acceptors (Lipinski definition) is 7. The first-order valence-electron chi connectivity index (χ1n) is 8.55. The van der Waals surface area contributed by atoms with Gasteiger partial charge in [-0.1, -0.05) is 23.9 Å². The van der Waals surface area contributed by atoms with E-state index in [9.17, 15) is 10.1 Å². The average molecular weight is 383 g/mol. The molecule has 0 aliphatic carbocycles. The largest absolute Gasteiger partial charge is 0.372 e. The number of nitrogens with zero attached hydrogens (tertiary/aromatic N) is 3. The molecule has 3 rings (SSSR count). The van der Waals surface area contributed by atoms with Gasteiger partial charge < -0.3 is 21.2 Å². The minimum Gasteiger partial charge on any atom is -0.372 e. The predicted molar refractivity (Wildman–Crippen MR) is 108 cm³/mol. The summed E-state index contributed by atoms with van der Waals surface area (Å²) >= 11 is 1.24. The van der Waals surface area contributed by atoms with Crippen molar-refractivity contribution >= 4 is 23.3 Å². The molecule has 6 N–H and O–H groups in total. The van der Waals surface area contributed by atoms with E-state index >= 15 is 0 Å². The molecule has 140 valence electrons. The summed E-state index contributed by atoms with van der Waals surface area (Å²) in [7, 11) is 0. The first-order chi connectivity index (χ1) is 13.2. The molecule has 0 bridgehead atoms. The van der Waals surface area contributed by atoms with Crippen LogP contribution in [0.1, 0.15) is 18.4 Å². The summed E-state index contributed by atoms with van der Waals surface area (Å²) < 4.78 is 0. The van der Waals surface area contributed by atoms with Crippen LogP contribution in [0.25, 0.3) is 11.1 Å². The minimum absolute atomic E-state index is 0.273. The number of nitriles is 1. The van der Waals surface area contributed by atoms with Crippen molar-refractivity contribution in [3.8, 4) is 17.2 Å². The molecule has 0 unspecified atom stereocenters. The van der Waals surface area contributed by atoms with E-state index in [1.807, 2.05) is 18.2 Å². The van der Waals surface area contributed by atoms with Crippen LogP contribution in [0.3, 0.4) is 0 Å². The molecule has 0 amide bonds. The van der Waals surface area contributed by atoms with Gasteiger partial charge in [-0.3, -0.25) is 4.79 Å². The van der Waals surface area contributed by atoms with Crippen LogP contribution in [0.15, 0.2) is 45.3 Å². The topological polar surface area (TPSA) is 136 Å². The van der Waals surface area contributed by atoms with E-state index in [1.54, 1.807) is 0 Å². The number of nitrogens with two attached hydrogens (primary N) is 2. The lowest BCUT2D eigenvalue weighted by molar-refractivity contribution is 0.949. The number of rotatable bonds is 5. The fourth-order valence-electron chi connectivity index (χ4n) is 3.09. The van der Waals surface area contributed by atoms with Crippen LogP contribution < -0.4 is 27.6 Å². The lowest BCUT2D eigenvalue weighted by Crippen LogP contribution is -2.33. The highest BCUT2D eigenvalue weighted by atomic mass is 32.2. The van der Waals surface area contributed by atoms with Crippen molar-refractivity contribution in [2.24, 2.45) is 16.8 Å². The number of anilines is 1. The molecule has 0 saturated carbocycles. The highest BCUT2D eigenvalue weighted by molar-refractivity contribution is 8.00. The molecule has 1 aromatic heterocycles. The third kappa shape index (κ3) is 4.24. The van der Waals surface area contributed by atoms with Gasteiger partial charge in [-0.2, -0.15) is 10.4 Å². The number of amidine groups is 1. The van der Waals surface area contributed by atoms with Crippen molar-refractivity contribution in [2.45, 2.75) is 17.9 Å². The summed E-state index contributed by atoms with van der Waals surface area (Å²) in [6.45, 7) is 2.05. The van der Waals surface area contributed by atoms with Crippen LogP contribution in [0, 0.1) is 11.3 Å². The van der Waals surface area contributed by atoms with E-state index in [2.05, 4.69) is 32.5 Å². The van der Waals surface area contributed by atoms with Gasteiger partial charge in [-0.25, -0.2) is 5.84 Å². The Morgan fingerprint density at radius 3 is 2.81 bits per heavy atom. The Bertz CT molecular complexity index is 941. The second-order valence-corrected chi connectivity index (χ2v) is 7.10. The van der Waals surface area contributed by atoms with Crippen LogP contribution in [0.4, 0.5) is 5.69 Å². The van der Waals surface area contributed by atoms with Gasteiger partial charge in [-0.15, -0.1) is 0 Å². The molecule has 27 heavy (non-hydrogen) atoms. The number of aromatic nitrogens is 1. The maximum atomic E-state index is 12.2. The van der Waals surface area contributed by atoms with Gasteiger partial charge in [-0.05, 0) is 30.5 Å². The Balaban J connectivity index is 1.99. The molecule has 2 aromatic rings.